The number of ketones is 1. The fourth-order valence-corrected chi connectivity index (χ4v) is 4.10. The third kappa shape index (κ3) is 2.96. The van der Waals surface area contributed by atoms with Gasteiger partial charge in [-0.15, -0.1) is 0 Å². The molecule has 6 heteroatoms. The van der Waals surface area contributed by atoms with Gasteiger partial charge in [0.1, 0.15) is 5.69 Å². The van der Waals surface area contributed by atoms with E-state index in [4.69, 9.17) is 16.7 Å². The standard InChI is InChI=1S/C21H22ClN3O2/c1-3-24(4-2)11-13(26)12-25-17-10-9-16(22)18-19(17)20(23-25)14-7-5-6-8-15(14)21(18)27/h5-10,13,26H,3-4,11-12H2,1-2H3. The van der Waals surface area contributed by atoms with E-state index < -0.39 is 6.10 Å². The Morgan fingerprint density at radius 1 is 1.15 bits per heavy atom. The Labute approximate surface area is 163 Å². The van der Waals surface area contributed by atoms with E-state index in [9.17, 15) is 9.90 Å². The first-order valence-corrected chi connectivity index (χ1v) is 9.66. The lowest BCUT2D eigenvalue weighted by molar-refractivity contribution is 0.101. The van der Waals surface area contributed by atoms with Gasteiger partial charge in [0.25, 0.3) is 0 Å². The van der Waals surface area contributed by atoms with Crippen LogP contribution in [0.1, 0.15) is 29.8 Å². The molecular weight excluding hydrogens is 362 g/mol. The first kappa shape index (κ1) is 18.2. The summed E-state index contributed by atoms with van der Waals surface area (Å²) >= 11 is 6.38. The maximum Gasteiger partial charge on any atom is 0.195 e. The predicted molar refractivity (Wildman–Crippen MR) is 107 cm³/mol. The molecule has 0 radical (unpaired) electrons. The number of rotatable bonds is 6. The molecular formula is C21H22ClN3O2. The molecule has 0 bridgehead atoms. The van der Waals surface area contributed by atoms with Crippen molar-refractivity contribution in [2.75, 3.05) is 19.6 Å². The van der Waals surface area contributed by atoms with Gasteiger partial charge in [-0.1, -0.05) is 49.7 Å². The van der Waals surface area contributed by atoms with Crippen molar-refractivity contribution in [2.24, 2.45) is 0 Å². The van der Waals surface area contributed by atoms with E-state index in [2.05, 4.69) is 18.7 Å². The first-order chi connectivity index (χ1) is 13.0. The number of hydrogen-bond acceptors (Lipinski definition) is 4. The molecule has 0 aliphatic heterocycles. The number of likely N-dealkylation sites (N-methyl/N-ethyl adjacent to an activating group) is 1. The summed E-state index contributed by atoms with van der Waals surface area (Å²) in [5.41, 5.74) is 3.53. The van der Waals surface area contributed by atoms with Gasteiger partial charge in [-0.05, 0) is 25.2 Å². The Kier molecular flexibility index (Phi) is 4.76. The first-order valence-electron chi connectivity index (χ1n) is 9.28. The molecule has 140 valence electrons. The highest BCUT2D eigenvalue weighted by Gasteiger charge is 2.30. The molecule has 4 rings (SSSR count). The van der Waals surface area contributed by atoms with Gasteiger partial charge in [-0.25, -0.2) is 0 Å². The van der Waals surface area contributed by atoms with Crippen molar-refractivity contribution >= 4 is 28.3 Å². The molecule has 27 heavy (non-hydrogen) atoms. The van der Waals surface area contributed by atoms with Crippen molar-refractivity contribution in [3.8, 4) is 11.3 Å². The van der Waals surface area contributed by atoms with E-state index in [0.29, 0.717) is 29.2 Å². The number of hydrogen-bond donors (Lipinski definition) is 1. The summed E-state index contributed by atoms with van der Waals surface area (Å²) in [5, 5.41) is 16.5. The van der Waals surface area contributed by atoms with Gasteiger partial charge in [0.15, 0.2) is 5.78 Å². The number of aliphatic hydroxyl groups is 1. The zero-order valence-corrected chi connectivity index (χ0v) is 16.2. The summed E-state index contributed by atoms with van der Waals surface area (Å²) in [6, 6.07) is 11.1. The molecule has 5 nitrogen and oxygen atoms in total. The lowest BCUT2D eigenvalue weighted by atomic mass is 9.87. The molecule has 2 aromatic carbocycles. The molecule has 1 atom stereocenters. The maximum atomic E-state index is 13.0. The topological polar surface area (TPSA) is 58.4 Å². The van der Waals surface area contributed by atoms with Crippen molar-refractivity contribution in [3.63, 3.8) is 0 Å². The Morgan fingerprint density at radius 3 is 2.56 bits per heavy atom. The van der Waals surface area contributed by atoms with Crippen LogP contribution >= 0.6 is 11.6 Å². The molecule has 1 aliphatic carbocycles. The van der Waals surface area contributed by atoms with Crippen LogP contribution in [0.25, 0.3) is 22.2 Å². The number of carbonyl (C=O) groups excluding carboxylic acids is 1. The highest BCUT2D eigenvalue weighted by molar-refractivity contribution is 6.39. The second-order valence-corrected chi connectivity index (χ2v) is 7.27. The number of carbonyl (C=O) groups is 1. The number of fused-ring (bicyclic) bond motifs is 2. The molecule has 0 spiro atoms. The van der Waals surface area contributed by atoms with E-state index in [0.717, 1.165) is 35.2 Å². The van der Waals surface area contributed by atoms with Crippen molar-refractivity contribution in [1.29, 1.82) is 0 Å². The summed E-state index contributed by atoms with van der Waals surface area (Å²) < 4.78 is 1.80. The zero-order valence-electron chi connectivity index (χ0n) is 15.4. The highest BCUT2D eigenvalue weighted by atomic mass is 35.5. The summed E-state index contributed by atoms with van der Waals surface area (Å²) in [6.45, 7) is 6.89. The summed E-state index contributed by atoms with van der Waals surface area (Å²) in [4.78, 5) is 15.2. The van der Waals surface area contributed by atoms with Gasteiger partial charge in [0.2, 0.25) is 0 Å². The molecule has 1 aromatic heterocycles. The molecule has 3 aromatic rings. The van der Waals surface area contributed by atoms with Gasteiger partial charge >= 0.3 is 0 Å². The van der Waals surface area contributed by atoms with E-state index >= 15 is 0 Å². The lowest BCUT2D eigenvalue weighted by Gasteiger charge is -2.22. The van der Waals surface area contributed by atoms with Crippen molar-refractivity contribution < 1.29 is 9.90 Å². The van der Waals surface area contributed by atoms with Crippen molar-refractivity contribution in [1.82, 2.24) is 14.7 Å². The number of aliphatic hydroxyl groups excluding tert-OH is 1. The molecule has 0 amide bonds. The quantitative estimate of drug-likeness (QED) is 0.552. The van der Waals surface area contributed by atoms with E-state index in [1.54, 1.807) is 10.7 Å². The van der Waals surface area contributed by atoms with Crippen LogP contribution in [0.3, 0.4) is 0 Å². The van der Waals surface area contributed by atoms with E-state index in [1.807, 2.05) is 30.3 Å². The SMILES string of the molecule is CCN(CC)CC(O)Cn1nc2c3c(c(Cl)ccc31)C(=O)c1ccccc1-2. The predicted octanol–water partition coefficient (Wildman–Crippen LogP) is 3.60. The Hall–Kier alpha value is -2.21. The monoisotopic (exact) mass is 383 g/mol. The fourth-order valence-electron chi connectivity index (χ4n) is 3.85. The third-order valence-electron chi connectivity index (χ3n) is 5.27. The van der Waals surface area contributed by atoms with E-state index in [-0.39, 0.29) is 5.78 Å². The Morgan fingerprint density at radius 2 is 1.85 bits per heavy atom. The zero-order chi connectivity index (χ0) is 19.1. The van der Waals surface area contributed by atoms with Crippen LogP contribution in [0.4, 0.5) is 0 Å². The van der Waals surface area contributed by atoms with Gasteiger partial charge in [-0.2, -0.15) is 5.10 Å². The maximum absolute atomic E-state index is 13.0. The molecule has 1 N–H and O–H groups in total. The average molecular weight is 384 g/mol. The molecule has 0 saturated carbocycles. The van der Waals surface area contributed by atoms with Crippen LogP contribution in [-0.2, 0) is 6.54 Å². The molecule has 0 saturated heterocycles. The van der Waals surface area contributed by atoms with Crippen LogP contribution in [0.5, 0.6) is 0 Å². The average Bonchev–Trinajstić information content (AvgIpc) is 3.03. The largest absolute Gasteiger partial charge is 0.390 e. The normalized spacial score (nSPS) is 14.0. The molecule has 1 unspecified atom stereocenters. The number of nitrogens with zero attached hydrogens (tertiary/aromatic N) is 3. The minimum absolute atomic E-state index is 0.0723. The van der Waals surface area contributed by atoms with E-state index in [1.165, 1.54) is 0 Å². The molecule has 0 fully saturated rings. The van der Waals surface area contributed by atoms with Gasteiger partial charge in [0, 0.05) is 23.1 Å². The van der Waals surface area contributed by atoms with Gasteiger partial charge < -0.3 is 10.0 Å². The fraction of sp³-hybridized carbons (Fsp3) is 0.333. The van der Waals surface area contributed by atoms with Crippen LogP contribution in [-0.4, -0.2) is 51.3 Å². The number of aromatic nitrogens is 2. The third-order valence-corrected chi connectivity index (χ3v) is 5.58. The minimum atomic E-state index is -0.549. The second-order valence-electron chi connectivity index (χ2n) is 6.86. The Balaban J connectivity index is 1.82. The van der Waals surface area contributed by atoms with Crippen molar-refractivity contribution in [3.05, 3.63) is 52.5 Å². The smallest absolute Gasteiger partial charge is 0.195 e. The summed E-state index contributed by atoms with van der Waals surface area (Å²) in [7, 11) is 0. The van der Waals surface area contributed by atoms with Crippen LogP contribution in [0, 0.1) is 0 Å². The van der Waals surface area contributed by atoms with Crippen LogP contribution < -0.4 is 0 Å². The van der Waals surface area contributed by atoms with Crippen molar-refractivity contribution in [2.45, 2.75) is 26.5 Å². The van der Waals surface area contributed by atoms with Crippen LogP contribution in [0.2, 0.25) is 5.02 Å². The summed E-state index contributed by atoms with van der Waals surface area (Å²) in [6.07, 6.45) is -0.549. The number of halogens is 1. The molecule has 1 aliphatic rings. The minimum Gasteiger partial charge on any atom is -0.390 e. The van der Waals surface area contributed by atoms with Gasteiger partial charge in [0.05, 0.1) is 28.8 Å². The second kappa shape index (κ2) is 7.08. The van der Waals surface area contributed by atoms with Crippen LogP contribution in [0.15, 0.2) is 36.4 Å². The number of benzene rings is 2. The van der Waals surface area contributed by atoms with Gasteiger partial charge in [-0.3, -0.25) is 9.48 Å². The molecule has 1 heterocycles. The summed E-state index contributed by atoms with van der Waals surface area (Å²) in [5.74, 6) is -0.0723. The highest BCUT2D eigenvalue weighted by Crippen LogP contribution is 2.41. The lowest BCUT2D eigenvalue weighted by Crippen LogP contribution is -2.34. The Bertz CT molecular complexity index is 1020.